The number of aryl methyl sites for hydroxylation is 1. The molecule has 2 heterocycles. The first kappa shape index (κ1) is 12.9. The van der Waals surface area contributed by atoms with E-state index in [1.54, 1.807) is 12.4 Å². The molecule has 2 aromatic rings. The molecule has 0 fully saturated rings. The third-order valence-corrected chi connectivity index (χ3v) is 3.48. The van der Waals surface area contributed by atoms with E-state index in [0.717, 1.165) is 23.0 Å². The molecule has 6 heteroatoms. The monoisotopic (exact) mass is 310 g/mol. The molecule has 0 saturated carbocycles. The minimum atomic E-state index is 0.498. The molecule has 2 N–H and O–H groups in total. The first-order valence-corrected chi connectivity index (χ1v) is 6.52. The fraction of sp³-hybridized carbons (Fsp3) is 0.333. The van der Waals surface area contributed by atoms with E-state index in [1.807, 2.05) is 17.8 Å². The van der Waals surface area contributed by atoms with Crippen molar-refractivity contribution in [3.8, 4) is 11.6 Å². The summed E-state index contributed by atoms with van der Waals surface area (Å²) in [5, 5.41) is 4.20. The van der Waals surface area contributed by atoms with Crippen LogP contribution in [0.2, 0.25) is 0 Å². The van der Waals surface area contributed by atoms with Gasteiger partial charge in [0.1, 0.15) is 0 Å². The third-order valence-electron chi connectivity index (χ3n) is 2.55. The van der Waals surface area contributed by atoms with E-state index < -0.39 is 0 Å². The van der Waals surface area contributed by atoms with E-state index in [2.05, 4.69) is 32.9 Å². The van der Waals surface area contributed by atoms with Gasteiger partial charge in [0.2, 0.25) is 5.88 Å². The lowest BCUT2D eigenvalue weighted by Gasteiger charge is -2.08. The Kier molecular flexibility index (Phi) is 3.86. The van der Waals surface area contributed by atoms with Crippen LogP contribution in [0.25, 0.3) is 0 Å². The van der Waals surface area contributed by atoms with Gasteiger partial charge in [-0.3, -0.25) is 4.68 Å². The molecular formula is C12H15BrN4O. The Labute approximate surface area is 114 Å². The van der Waals surface area contributed by atoms with Gasteiger partial charge < -0.3 is 10.5 Å². The number of nitrogens with two attached hydrogens (primary N) is 1. The molecule has 0 saturated heterocycles. The summed E-state index contributed by atoms with van der Waals surface area (Å²) in [7, 11) is 0. The Bertz CT molecular complexity index is 553. The maximum absolute atomic E-state index is 5.76. The normalized spacial score (nSPS) is 10.6. The second kappa shape index (κ2) is 5.39. The van der Waals surface area contributed by atoms with Gasteiger partial charge in [0.15, 0.2) is 5.75 Å². The first-order chi connectivity index (χ1) is 8.61. The van der Waals surface area contributed by atoms with E-state index >= 15 is 0 Å². The SMILES string of the molecule is CCCn1cc(Oc2ncc(N)c(C)c2Br)cn1. The summed E-state index contributed by atoms with van der Waals surface area (Å²) in [6.45, 7) is 4.89. The van der Waals surface area contributed by atoms with E-state index in [-0.39, 0.29) is 0 Å². The number of halogens is 1. The van der Waals surface area contributed by atoms with Gasteiger partial charge in [0, 0.05) is 6.54 Å². The number of aromatic nitrogens is 3. The van der Waals surface area contributed by atoms with Crippen LogP contribution in [0.4, 0.5) is 5.69 Å². The van der Waals surface area contributed by atoms with Crippen molar-refractivity contribution >= 4 is 21.6 Å². The molecule has 0 bridgehead atoms. The average Bonchev–Trinajstić information content (AvgIpc) is 2.78. The summed E-state index contributed by atoms with van der Waals surface area (Å²) >= 11 is 3.43. The van der Waals surface area contributed by atoms with Gasteiger partial charge >= 0.3 is 0 Å². The minimum absolute atomic E-state index is 0.498. The quantitative estimate of drug-likeness (QED) is 0.942. The van der Waals surface area contributed by atoms with Gasteiger partial charge in [0.25, 0.3) is 0 Å². The fourth-order valence-electron chi connectivity index (χ4n) is 1.50. The van der Waals surface area contributed by atoms with Gasteiger partial charge in [-0.2, -0.15) is 5.10 Å². The highest BCUT2D eigenvalue weighted by atomic mass is 79.9. The van der Waals surface area contributed by atoms with E-state index in [0.29, 0.717) is 17.3 Å². The number of rotatable bonds is 4. The molecule has 0 aromatic carbocycles. The molecule has 2 rings (SSSR count). The number of hydrogen-bond acceptors (Lipinski definition) is 4. The molecule has 0 aliphatic heterocycles. The first-order valence-electron chi connectivity index (χ1n) is 5.72. The van der Waals surface area contributed by atoms with Crippen molar-refractivity contribution in [1.82, 2.24) is 14.8 Å². The average molecular weight is 311 g/mol. The molecule has 5 nitrogen and oxygen atoms in total. The number of hydrogen-bond donors (Lipinski definition) is 1. The van der Waals surface area contributed by atoms with Crippen molar-refractivity contribution in [2.75, 3.05) is 5.73 Å². The van der Waals surface area contributed by atoms with Crippen LogP contribution in [0, 0.1) is 6.92 Å². The molecule has 0 aliphatic rings. The van der Waals surface area contributed by atoms with Crippen molar-refractivity contribution in [3.05, 3.63) is 28.6 Å². The highest BCUT2D eigenvalue weighted by Crippen LogP contribution is 2.32. The Hall–Kier alpha value is -1.56. The van der Waals surface area contributed by atoms with Crippen molar-refractivity contribution in [2.45, 2.75) is 26.8 Å². The highest BCUT2D eigenvalue weighted by Gasteiger charge is 2.10. The summed E-state index contributed by atoms with van der Waals surface area (Å²) < 4.78 is 8.28. The highest BCUT2D eigenvalue weighted by molar-refractivity contribution is 9.10. The van der Waals surface area contributed by atoms with Crippen LogP contribution in [0.3, 0.4) is 0 Å². The van der Waals surface area contributed by atoms with Crippen LogP contribution < -0.4 is 10.5 Å². The number of nitrogens with zero attached hydrogens (tertiary/aromatic N) is 3. The molecule has 0 atom stereocenters. The van der Waals surface area contributed by atoms with Gasteiger partial charge in [-0.15, -0.1) is 0 Å². The van der Waals surface area contributed by atoms with Crippen molar-refractivity contribution in [2.24, 2.45) is 0 Å². The third kappa shape index (κ3) is 2.64. The van der Waals surface area contributed by atoms with E-state index in [1.165, 1.54) is 0 Å². The standard InChI is InChI=1S/C12H15BrN4O/c1-3-4-17-7-9(5-16-17)18-12-11(13)8(2)10(14)6-15-12/h5-7H,3-4,14H2,1-2H3. The maximum Gasteiger partial charge on any atom is 0.234 e. The minimum Gasteiger partial charge on any atom is -0.435 e. The van der Waals surface area contributed by atoms with Crippen molar-refractivity contribution in [3.63, 3.8) is 0 Å². The van der Waals surface area contributed by atoms with Crippen molar-refractivity contribution < 1.29 is 4.74 Å². The lowest BCUT2D eigenvalue weighted by molar-refractivity contribution is 0.457. The number of nitrogen functional groups attached to an aromatic ring is 1. The zero-order valence-electron chi connectivity index (χ0n) is 10.4. The van der Waals surface area contributed by atoms with E-state index in [9.17, 15) is 0 Å². The van der Waals surface area contributed by atoms with Crippen LogP contribution in [0.1, 0.15) is 18.9 Å². The second-order valence-corrected chi connectivity index (χ2v) is 4.79. The van der Waals surface area contributed by atoms with Crippen molar-refractivity contribution in [1.29, 1.82) is 0 Å². The topological polar surface area (TPSA) is 66.0 Å². The van der Waals surface area contributed by atoms with Gasteiger partial charge in [-0.05, 0) is 34.8 Å². The molecule has 0 radical (unpaired) electrons. The number of pyridine rings is 1. The van der Waals surface area contributed by atoms with Crippen LogP contribution in [0.15, 0.2) is 23.1 Å². The lowest BCUT2D eigenvalue weighted by Crippen LogP contribution is -1.97. The zero-order valence-corrected chi connectivity index (χ0v) is 11.9. The number of anilines is 1. The largest absolute Gasteiger partial charge is 0.435 e. The molecule has 0 aliphatic carbocycles. The van der Waals surface area contributed by atoms with Crippen LogP contribution in [0.5, 0.6) is 11.6 Å². The molecule has 18 heavy (non-hydrogen) atoms. The predicted octanol–water partition coefficient (Wildman–Crippen LogP) is 3.13. The Morgan fingerprint density at radius 2 is 2.22 bits per heavy atom. The lowest BCUT2D eigenvalue weighted by atomic mass is 10.2. The van der Waals surface area contributed by atoms with Crippen LogP contribution in [-0.4, -0.2) is 14.8 Å². The molecule has 96 valence electrons. The van der Waals surface area contributed by atoms with E-state index in [4.69, 9.17) is 10.5 Å². The molecule has 2 aromatic heterocycles. The van der Waals surface area contributed by atoms with Gasteiger partial charge in [-0.25, -0.2) is 4.98 Å². The molecule has 0 spiro atoms. The van der Waals surface area contributed by atoms with Gasteiger partial charge in [-0.1, -0.05) is 6.92 Å². The summed E-state index contributed by atoms with van der Waals surface area (Å²) in [6.07, 6.45) is 6.15. The smallest absolute Gasteiger partial charge is 0.234 e. The second-order valence-electron chi connectivity index (χ2n) is 4.00. The fourth-order valence-corrected chi connectivity index (χ4v) is 1.91. The molecular weight excluding hydrogens is 296 g/mol. The predicted molar refractivity (Wildman–Crippen MR) is 73.7 cm³/mol. The maximum atomic E-state index is 5.76. The summed E-state index contributed by atoms with van der Waals surface area (Å²) in [5.74, 6) is 1.17. The Morgan fingerprint density at radius 1 is 1.44 bits per heavy atom. The molecule has 0 unspecified atom stereocenters. The zero-order chi connectivity index (χ0) is 13.1. The summed E-state index contributed by atoms with van der Waals surface area (Å²) in [4.78, 5) is 4.16. The van der Waals surface area contributed by atoms with Crippen LogP contribution >= 0.6 is 15.9 Å². The van der Waals surface area contributed by atoms with Crippen LogP contribution in [-0.2, 0) is 6.54 Å². The summed E-state index contributed by atoms with van der Waals surface area (Å²) in [5.41, 5.74) is 7.31. The number of ether oxygens (including phenoxy) is 1. The van der Waals surface area contributed by atoms with Gasteiger partial charge in [0.05, 0.1) is 28.8 Å². The summed E-state index contributed by atoms with van der Waals surface area (Å²) in [6, 6.07) is 0. The Morgan fingerprint density at radius 3 is 2.94 bits per heavy atom. The Balaban J connectivity index is 2.20. The molecule has 0 amide bonds.